The highest BCUT2D eigenvalue weighted by atomic mass is 32.2. The first-order chi connectivity index (χ1) is 13.4. The summed E-state index contributed by atoms with van der Waals surface area (Å²) >= 11 is 1.19. The fourth-order valence-electron chi connectivity index (χ4n) is 2.79. The third kappa shape index (κ3) is 4.09. The third-order valence-corrected chi connectivity index (χ3v) is 5.66. The van der Waals surface area contributed by atoms with E-state index in [0.29, 0.717) is 16.1 Å². The maximum Gasteiger partial charge on any atom is 0.262 e. The summed E-state index contributed by atoms with van der Waals surface area (Å²) in [4.78, 5) is 30.2. The summed E-state index contributed by atoms with van der Waals surface area (Å²) in [6.45, 7) is 5.66. The molecule has 7 heteroatoms. The molecule has 0 spiro atoms. The van der Waals surface area contributed by atoms with Gasteiger partial charge in [-0.15, -0.1) is 0 Å². The minimum Gasteiger partial charge on any atom is -0.323 e. The number of nitrogens with one attached hydrogen (secondary N) is 1. The van der Waals surface area contributed by atoms with Crippen LogP contribution in [0.15, 0.2) is 58.5 Å². The van der Waals surface area contributed by atoms with Gasteiger partial charge in [-0.25, -0.2) is 9.37 Å². The van der Waals surface area contributed by atoms with Crippen LogP contribution in [0, 0.1) is 5.82 Å². The predicted octanol–water partition coefficient (Wildman–Crippen LogP) is 4.63. The Kier molecular flexibility index (Phi) is 6.14. The van der Waals surface area contributed by atoms with Crippen molar-refractivity contribution in [3.63, 3.8) is 0 Å². The van der Waals surface area contributed by atoms with E-state index in [4.69, 9.17) is 0 Å². The van der Waals surface area contributed by atoms with Crippen molar-refractivity contribution in [1.29, 1.82) is 0 Å². The van der Waals surface area contributed by atoms with E-state index in [1.807, 2.05) is 26.0 Å². The molecule has 0 radical (unpaired) electrons. The van der Waals surface area contributed by atoms with Crippen LogP contribution in [0.1, 0.15) is 33.2 Å². The minimum atomic E-state index is -0.567. The highest BCUT2D eigenvalue weighted by molar-refractivity contribution is 8.00. The molecule has 0 fully saturated rings. The second-order valence-electron chi connectivity index (χ2n) is 6.57. The first kappa shape index (κ1) is 20.1. The number of hydrogen-bond acceptors (Lipinski definition) is 4. The number of thioether (sulfide) groups is 1. The number of benzene rings is 2. The SMILES string of the molecule is CC[C@@H](C)n1c(S[C@H](C)C(=O)Nc2ccccc2F)nc2ccccc2c1=O. The minimum absolute atomic E-state index is 0.0612. The molecular formula is C21H22FN3O2S. The molecule has 146 valence electrons. The highest BCUT2D eigenvalue weighted by Gasteiger charge is 2.22. The lowest BCUT2D eigenvalue weighted by Gasteiger charge is -2.20. The van der Waals surface area contributed by atoms with Crippen molar-refractivity contribution in [2.24, 2.45) is 0 Å². The van der Waals surface area contributed by atoms with E-state index < -0.39 is 11.1 Å². The third-order valence-electron chi connectivity index (χ3n) is 4.59. The van der Waals surface area contributed by atoms with Crippen LogP contribution in [0.4, 0.5) is 10.1 Å². The van der Waals surface area contributed by atoms with Gasteiger partial charge < -0.3 is 5.32 Å². The standard InChI is InChI=1S/C21H22FN3O2S/c1-4-13(2)25-20(27)15-9-5-7-11-17(15)24-21(25)28-14(3)19(26)23-18-12-8-6-10-16(18)22/h5-14H,4H2,1-3H3,(H,23,26)/t13-,14-/m1/s1. The predicted molar refractivity (Wildman–Crippen MR) is 111 cm³/mol. The van der Waals surface area contributed by atoms with E-state index >= 15 is 0 Å². The largest absolute Gasteiger partial charge is 0.323 e. The van der Waals surface area contributed by atoms with Crippen LogP contribution in [0.25, 0.3) is 10.9 Å². The Morgan fingerprint density at radius 1 is 1.18 bits per heavy atom. The molecule has 1 amide bonds. The molecule has 5 nitrogen and oxygen atoms in total. The second-order valence-corrected chi connectivity index (χ2v) is 7.88. The zero-order valence-corrected chi connectivity index (χ0v) is 16.8. The first-order valence-electron chi connectivity index (χ1n) is 9.15. The van der Waals surface area contributed by atoms with E-state index in [0.717, 1.165) is 6.42 Å². The van der Waals surface area contributed by atoms with Crippen molar-refractivity contribution in [3.05, 3.63) is 64.7 Å². The highest BCUT2D eigenvalue weighted by Crippen LogP contribution is 2.26. The molecular weight excluding hydrogens is 377 g/mol. The molecule has 0 bridgehead atoms. The van der Waals surface area contributed by atoms with Crippen molar-refractivity contribution < 1.29 is 9.18 Å². The molecule has 28 heavy (non-hydrogen) atoms. The van der Waals surface area contributed by atoms with Gasteiger partial charge in [-0.3, -0.25) is 14.2 Å². The van der Waals surface area contributed by atoms with Gasteiger partial charge in [0.25, 0.3) is 5.56 Å². The van der Waals surface area contributed by atoms with Crippen LogP contribution in [0.5, 0.6) is 0 Å². The normalized spacial score (nSPS) is 13.3. The lowest BCUT2D eigenvalue weighted by atomic mass is 10.2. The Morgan fingerprint density at radius 2 is 1.86 bits per heavy atom. The molecule has 0 unspecified atom stereocenters. The van der Waals surface area contributed by atoms with Gasteiger partial charge in [-0.1, -0.05) is 43.0 Å². The number of fused-ring (bicyclic) bond motifs is 1. The van der Waals surface area contributed by atoms with Gasteiger partial charge in [0.2, 0.25) is 5.91 Å². The number of nitrogens with zero attached hydrogens (tertiary/aromatic N) is 2. The Hall–Kier alpha value is -2.67. The average molecular weight is 399 g/mol. The van der Waals surface area contributed by atoms with Gasteiger partial charge in [0.15, 0.2) is 5.16 Å². The van der Waals surface area contributed by atoms with Gasteiger partial charge in [0.05, 0.1) is 21.8 Å². The average Bonchev–Trinajstić information content (AvgIpc) is 2.69. The number of para-hydroxylation sites is 2. The molecule has 0 aliphatic carbocycles. The monoisotopic (exact) mass is 399 g/mol. The Balaban J connectivity index is 1.93. The zero-order chi connectivity index (χ0) is 20.3. The molecule has 3 aromatic rings. The number of amides is 1. The topological polar surface area (TPSA) is 64.0 Å². The van der Waals surface area contributed by atoms with Crippen LogP contribution in [-0.4, -0.2) is 20.7 Å². The van der Waals surface area contributed by atoms with Crippen molar-refractivity contribution in [2.75, 3.05) is 5.32 Å². The van der Waals surface area contributed by atoms with Crippen LogP contribution in [0.2, 0.25) is 0 Å². The van der Waals surface area contributed by atoms with Gasteiger partial charge in [-0.2, -0.15) is 0 Å². The summed E-state index contributed by atoms with van der Waals surface area (Å²) in [6, 6.07) is 13.1. The smallest absolute Gasteiger partial charge is 0.262 e. The lowest BCUT2D eigenvalue weighted by molar-refractivity contribution is -0.115. The number of anilines is 1. The maximum atomic E-state index is 13.8. The molecule has 0 aliphatic heterocycles. The summed E-state index contributed by atoms with van der Waals surface area (Å²) in [7, 11) is 0. The van der Waals surface area contributed by atoms with Gasteiger partial charge >= 0.3 is 0 Å². The van der Waals surface area contributed by atoms with Crippen LogP contribution < -0.4 is 10.9 Å². The first-order valence-corrected chi connectivity index (χ1v) is 10.0. The van der Waals surface area contributed by atoms with E-state index in [1.165, 1.54) is 23.9 Å². The summed E-state index contributed by atoms with van der Waals surface area (Å²) in [5.41, 5.74) is 0.603. The van der Waals surface area contributed by atoms with E-state index in [2.05, 4.69) is 10.3 Å². The van der Waals surface area contributed by atoms with Crippen molar-refractivity contribution in [2.45, 2.75) is 43.6 Å². The molecule has 3 rings (SSSR count). The Labute approximate surface area is 167 Å². The summed E-state index contributed by atoms with van der Waals surface area (Å²) < 4.78 is 15.4. The van der Waals surface area contributed by atoms with Crippen LogP contribution in [-0.2, 0) is 4.79 Å². The van der Waals surface area contributed by atoms with E-state index in [-0.39, 0.29) is 23.2 Å². The van der Waals surface area contributed by atoms with Gasteiger partial charge in [0, 0.05) is 6.04 Å². The quantitative estimate of drug-likeness (QED) is 0.485. The number of hydrogen-bond donors (Lipinski definition) is 1. The van der Waals surface area contributed by atoms with E-state index in [1.54, 1.807) is 35.8 Å². The number of halogens is 1. The van der Waals surface area contributed by atoms with Crippen molar-refractivity contribution in [1.82, 2.24) is 9.55 Å². The number of carbonyl (C=O) groups is 1. The maximum absolute atomic E-state index is 13.8. The molecule has 1 N–H and O–H groups in total. The molecule has 1 heterocycles. The van der Waals surface area contributed by atoms with Crippen molar-refractivity contribution >= 4 is 34.3 Å². The van der Waals surface area contributed by atoms with Crippen LogP contribution in [0.3, 0.4) is 0 Å². The molecule has 0 saturated carbocycles. The molecule has 0 saturated heterocycles. The molecule has 2 aromatic carbocycles. The van der Waals surface area contributed by atoms with Crippen LogP contribution >= 0.6 is 11.8 Å². The molecule has 1 aromatic heterocycles. The lowest BCUT2D eigenvalue weighted by Crippen LogP contribution is -2.28. The Morgan fingerprint density at radius 3 is 2.57 bits per heavy atom. The fraction of sp³-hybridized carbons (Fsp3) is 0.286. The van der Waals surface area contributed by atoms with E-state index in [9.17, 15) is 14.0 Å². The second kappa shape index (κ2) is 8.56. The number of aromatic nitrogens is 2. The number of carbonyl (C=O) groups excluding carboxylic acids is 1. The number of rotatable bonds is 6. The zero-order valence-electron chi connectivity index (χ0n) is 16.0. The van der Waals surface area contributed by atoms with Gasteiger partial charge in [-0.05, 0) is 44.5 Å². The van der Waals surface area contributed by atoms with Gasteiger partial charge in [0.1, 0.15) is 5.82 Å². The summed E-state index contributed by atoms with van der Waals surface area (Å²) in [5.74, 6) is -0.846. The molecule has 0 aliphatic rings. The molecule has 2 atom stereocenters. The fourth-order valence-corrected chi connectivity index (χ4v) is 3.80. The summed E-state index contributed by atoms with van der Waals surface area (Å²) in [5, 5.41) is 3.06. The van der Waals surface area contributed by atoms with Crippen molar-refractivity contribution in [3.8, 4) is 0 Å². The Bertz CT molecular complexity index is 1070. The summed E-state index contributed by atoms with van der Waals surface area (Å²) in [6.07, 6.45) is 0.753.